The summed E-state index contributed by atoms with van der Waals surface area (Å²) >= 11 is 0. The third-order valence-corrected chi connectivity index (χ3v) is 8.14. The number of carbonyl (C=O) groups is 1. The van der Waals surface area contributed by atoms with Crippen molar-refractivity contribution in [1.29, 1.82) is 0 Å². The Morgan fingerprint density at radius 1 is 1.14 bits per heavy atom. The zero-order valence-corrected chi connectivity index (χ0v) is 17.4. The molecule has 3 rings (SSSR count). The van der Waals surface area contributed by atoms with Crippen LogP contribution in [0.4, 0.5) is 4.39 Å². The molecule has 28 heavy (non-hydrogen) atoms. The summed E-state index contributed by atoms with van der Waals surface area (Å²) < 4.78 is 40.5. The largest absolute Gasteiger partial charge is 0.352 e. The number of hydrogen-bond donors (Lipinski definition) is 1. The van der Waals surface area contributed by atoms with E-state index in [1.807, 2.05) is 4.90 Å². The van der Waals surface area contributed by atoms with E-state index in [-0.39, 0.29) is 36.5 Å². The second kappa shape index (κ2) is 8.88. The smallest absolute Gasteiger partial charge is 0.246 e. The van der Waals surface area contributed by atoms with Gasteiger partial charge >= 0.3 is 0 Å². The second-order valence-electron chi connectivity index (χ2n) is 8.05. The van der Waals surface area contributed by atoms with Gasteiger partial charge in [-0.15, -0.1) is 0 Å². The van der Waals surface area contributed by atoms with Crippen molar-refractivity contribution in [3.05, 3.63) is 30.1 Å². The average molecular weight is 412 g/mol. The molecule has 2 aliphatic rings. The van der Waals surface area contributed by atoms with Gasteiger partial charge in [0.05, 0.1) is 6.54 Å². The average Bonchev–Trinajstić information content (AvgIpc) is 2.66. The molecule has 1 aromatic rings. The fourth-order valence-electron chi connectivity index (χ4n) is 4.16. The van der Waals surface area contributed by atoms with Gasteiger partial charge < -0.3 is 5.32 Å². The number of amides is 1. The van der Waals surface area contributed by atoms with Crippen LogP contribution in [0.2, 0.25) is 0 Å². The van der Waals surface area contributed by atoms with Crippen LogP contribution >= 0.6 is 0 Å². The Hall–Kier alpha value is -1.51. The summed E-state index contributed by atoms with van der Waals surface area (Å²) in [5, 5.41) is 3.16. The number of carbonyl (C=O) groups excluding carboxylic acids is 1. The van der Waals surface area contributed by atoms with Crippen molar-refractivity contribution in [3.8, 4) is 0 Å². The number of nitrogens with zero attached hydrogens (tertiary/aromatic N) is 2. The molecule has 1 aromatic carbocycles. The van der Waals surface area contributed by atoms with E-state index < -0.39 is 15.8 Å². The van der Waals surface area contributed by atoms with Gasteiger partial charge in [-0.05, 0) is 30.4 Å². The Morgan fingerprint density at radius 3 is 2.50 bits per heavy atom. The number of hydrogen-bond acceptors (Lipinski definition) is 4. The van der Waals surface area contributed by atoms with Crippen molar-refractivity contribution in [2.45, 2.75) is 44.0 Å². The molecule has 0 bridgehead atoms. The molecule has 1 saturated heterocycles. The summed E-state index contributed by atoms with van der Waals surface area (Å²) in [6.07, 6.45) is 3.38. The topological polar surface area (TPSA) is 69.7 Å². The highest BCUT2D eigenvalue weighted by atomic mass is 32.2. The quantitative estimate of drug-likeness (QED) is 0.805. The van der Waals surface area contributed by atoms with Gasteiger partial charge in [0.25, 0.3) is 0 Å². The maximum absolute atomic E-state index is 13.9. The lowest BCUT2D eigenvalue weighted by Gasteiger charge is -2.36. The predicted octanol–water partition coefficient (Wildman–Crippen LogP) is 2.07. The minimum Gasteiger partial charge on any atom is -0.352 e. The Bertz CT molecular complexity index is 794. The molecule has 2 fully saturated rings. The number of rotatable bonds is 5. The summed E-state index contributed by atoms with van der Waals surface area (Å²) in [4.78, 5) is 14.1. The molecule has 0 aromatic heterocycles. The monoisotopic (exact) mass is 411 g/mol. The molecular weight excluding hydrogens is 381 g/mol. The molecule has 1 aliphatic heterocycles. The van der Waals surface area contributed by atoms with Gasteiger partial charge in [-0.2, -0.15) is 4.31 Å². The lowest BCUT2D eigenvalue weighted by atomic mass is 9.78. The van der Waals surface area contributed by atoms with Gasteiger partial charge in [-0.3, -0.25) is 9.69 Å². The van der Waals surface area contributed by atoms with Gasteiger partial charge in [0.1, 0.15) is 10.7 Å². The highest BCUT2D eigenvalue weighted by molar-refractivity contribution is 7.89. The molecule has 1 amide bonds. The molecule has 3 atom stereocenters. The fraction of sp³-hybridized carbons (Fsp3) is 0.650. The Balaban J connectivity index is 1.51. The van der Waals surface area contributed by atoms with Gasteiger partial charge in [-0.1, -0.05) is 38.8 Å². The zero-order valence-electron chi connectivity index (χ0n) is 16.6. The number of halogens is 1. The zero-order chi connectivity index (χ0) is 20.3. The third-order valence-electron chi connectivity index (χ3n) is 6.21. The Morgan fingerprint density at radius 2 is 1.82 bits per heavy atom. The van der Waals surface area contributed by atoms with Crippen molar-refractivity contribution in [2.75, 3.05) is 32.7 Å². The van der Waals surface area contributed by atoms with Crippen molar-refractivity contribution >= 4 is 15.9 Å². The van der Waals surface area contributed by atoms with Gasteiger partial charge in [-0.25, -0.2) is 12.8 Å². The molecule has 6 nitrogen and oxygen atoms in total. The maximum Gasteiger partial charge on any atom is 0.246 e. The van der Waals surface area contributed by atoms with Crippen LogP contribution in [0, 0.1) is 17.7 Å². The highest BCUT2D eigenvalue weighted by Crippen LogP contribution is 2.29. The van der Waals surface area contributed by atoms with E-state index >= 15 is 0 Å². The summed E-state index contributed by atoms with van der Waals surface area (Å²) in [7, 11) is -3.85. The number of sulfonamides is 1. The van der Waals surface area contributed by atoms with Crippen molar-refractivity contribution in [3.63, 3.8) is 0 Å². The first-order chi connectivity index (χ1) is 13.3. The van der Waals surface area contributed by atoms with Gasteiger partial charge in [0.15, 0.2) is 0 Å². The van der Waals surface area contributed by atoms with E-state index in [1.165, 1.54) is 28.9 Å². The molecular formula is C20H30FN3O3S. The summed E-state index contributed by atoms with van der Waals surface area (Å²) in [6, 6.07) is 5.65. The van der Waals surface area contributed by atoms with Crippen LogP contribution in [-0.2, 0) is 14.8 Å². The molecule has 1 saturated carbocycles. The van der Waals surface area contributed by atoms with Crippen LogP contribution in [0.1, 0.15) is 33.1 Å². The Labute approximate surface area is 167 Å². The summed E-state index contributed by atoms with van der Waals surface area (Å²) in [5.74, 6) is 0.350. The number of benzene rings is 1. The minimum absolute atomic E-state index is 0.00337. The molecule has 0 spiro atoms. The van der Waals surface area contributed by atoms with Crippen LogP contribution in [0.15, 0.2) is 29.2 Å². The minimum atomic E-state index is -3.85. The van der Waals surface area contributed by atoms with Crippen molar-refractivity contribution < 1.29 is 17.6 Å². The van der Waals surface area contributed by atoms with E-state index in [4.69, 9.17) is 0 Å². The molecule has 156 valence electrons. The van der Waals surface area contributed by atoms with E-state index in [2.05, 4.69) is 19.2 Å². The molecule has 3 unspecified atom stereocenters. The normalized spacial score (nSPS) is 27.5. The van der Waals surface area contributed by atoms with Crippen LogP contribution in [0.25, 0.3) is 0 Å². The fourth-order valence-corrected chi connectivity index (χ4v) is 5.65. The summed E-state index contributed by atoms with van der Waals surface area (Å²) in [5.41, 5.74) is 0. The van der Waals surface area contributed by atoms with Crippen molar-refractivity contribution in [2.24, 2.45) is 11.8 Å². The first-order valence-corrected chi connectivity index (χ1v) is 11.5. The number of nitrogens with one attached hydrogen (secondary N) is 1. The lowest BCUT2D eigenvalue weighted by Crippen LogP contribution is -2.53. The highest BCUT2D eigenvalue weighted by Gasteiger charge is 2.32. The van der Waals surface area contributed by atoms with E-state index in [1.54, 1.807) is 0 Å². The predicted molar refractivity (Wildman–Crippen MR) is 106 cm³/mol. The van der Waals surface area contributed by atoms with Gasteiger partial charge in [0.2, 0.25) is 15.9 Å². The maximum atomic E-state index is 13.9. The third kappa shape index (κ3) is 4.72. The van der Waals surface area contributed by atoms with E-state index in [0.717, 1.165) is 18.9 Å². The molecule has 1 N–H and O–H groups in total. The van der Waals surface area contributed by atoms with Crippen LogP contribution in [-0.4, -0.2) is 62.3 Å². The standard InChI is InChI=1S/C20H30FN3O3S/c1-15-6-5-8-18(16(15)2)22-20(25)14-23-10-12-24(13-11-23)28(26,27)19-9-4-3-7-17(19)21/h3-4,7,9,15-16,18H,5-6,8,10-14H2,1-2H3,(H,22,25). The van der Waals surface area contributed by atoms with Crippen LogP contribution in [0.5, 0.6) is 0 Å². The molecule has 1 heterocycles. The van der Waals surface area contributed by atoms with E-state index in [9.17, 15) is 17.6 Å². The second-order valence-corrected chi connectivity index (χ2v) is 9.96. The SMILES string of the molecule is CC1CCCC(NC(=O)CN2CCN(S(=O)(=O)c3ccccc3F)CC2)C1C. The first kappa shape index (κ1) is 21.2. The molecule has 1 aliphatic carbocycles. The number of piperazine rings is 1. The molecule has 8 heteroatoms. The van der Waals surface area contributed by atoms with Crippen molar-refractivity contribution in [1.82, 2.24) is 14.5 Å². The van der Waals surface area contributed by atoms with E-state index in [0.29, 0.717) is 24.9 Å². The van der Waals surface area contributed by atoms with Crippen LogP contribution in [0.3, 0.4) is 0 Å². The first-order valence-electron chi connectivity index (χ1n) is 10.1. The summed E-state index contributed by atoms with van der Waals surface area (Å²) in [6.45, 7) is 6.11. The van der Waals surface area contributed by atoms with Crippen LogP contribution < -0.4 is 5.32 Å². The lowest BCUT2D eigenvalue weighted by molar-refractivity contribution is -0.124. The Kier molecular flexibility index (Phi) is 6.73. The van der Waals surface area contributed by atoms with Gasteiger partial charge in [0, 0.05) is 32.2 Å². The molecule has 0 radical (unpaired) electrons.